The Morgan fingerprint density at radius 3 is 2.06 bits per heavy atom. The number of ketones is 2. The number of rotatable bonds is 6. The molecule has 0 aliphatic rings. The molecule has 0 bridgehead atoms. The fourth-order valence-electron chi connectivity index (χ4n) is 1.97. The Morgan fingerprint density at radius 2 is 1.67 bits per heavy atom. The number of Topliss-reactive ketones (excluding diaryl/α,β-unsaturated/α-hetero) is 2. The van der Waals surface area contributed by atoms with Crippen molar-refractivity contribution in [1.29, 1.82) is 0 Å². The predicted molar refractivity (Wildman–Crippen MR) is 69.3 cm³/mol. The first-order chi connectivity index (χ1) is 8.45. The fourth-order valence-corrected chi connectivity index (χ4v) is 1.97. The number of hydrogen-bond donors (Lipinski definition) is 2. The van der Waals surface area contributed by atoms with Gasteiger partial charge < -0.3 is 10.8 Å². The van der Waals surface area contributed by atoms with Gasteiger partial charge in [0.2, 0.25) is 0 Å². The number of nitrogens with two attached hydrogens (primary N) is 1. The summed E-state index contributed by atoms with van der Waals surface area (Å²) in [6, 6.07) is 6.93. The van der Waals surface area contributed by atoms with E-state index in [-0.39, 0.29) is 24.2 Å². The number of aliphatic hydroxyl groups excluding tert-OH is 1. The van der Waals surface area contributed by atoms with Crippen LogP contribution in [0.2, 0.25) is 0 Å². The van der Waals surface area contributed by atoms with Crippen molar-refractivity contribution in [3.8, 4) is 0 Å². The van der Waals surface area contributed by atoms with Crippen molar-refractivity contribution in [2.75, 3.05) is 6.61 Å². The highest BCUT2D eigenvalue weighted by Crippen LogP contribution is 2.19. The molecule has 1 aromatic carbocycles. The lowest BCUT2D eigenvalue weighted by Crippen LogP contribution is -2.26. The Bertz CT molecular complexity index is 411. The normalized spacial score (nSPS) is 12.5. The maximum atomic E-state index is 11.4. The van der Waals surface area contributed by atoms with Gasteiger partial charge in [0.1, 0.15) is 17.5 Å². The summed E-state index contributed by atoms with van der Waals surface area (Å²) in [6.45, 7) is 2.77. The van der Waals surface area contributed by atoms with Crippen LogP contribution in [0.25, 0.3) is 0 Å². The lowest BCUT2D eigenvalue weighted by molar-refractivity contribution is -0.126. The lowest BCUT2D eigenvalue weighted by atomic mass is 9.91. The summed E-state index contributed by atoms with van der Waals surface area (Å²) in [6.07, 6.45) is 0.571. The third-order valence-electron chi connectivity index (χ3n) is 2.86. The average molecular weight is 249 g/mol. The van der Waals surface area contributed by atoms with E-state index in [0.29, 0.717) is 12.0 Å². The van der Waals surface area contributed by atoms with Crippen molar-refractivity contribution in [3.05, 3.63) is 35.4 Å². The quantitative estimate of drug-likeness (QED) is 0.731. The minimum Gasteiger partial charge on any atom is -0.395 e. The van der Waals surface area contributed by atoms with Crippen LogP contribution in [0.4, 0.5) is 0 Å². The molecule has 0 fully saturated rings. The second-order valence-corrected chi connectivity index (χ2v) is 4.54. The van der Waals surface area contributed by atoms with E-state index in [0.717, 1.165) is 5.56 Å². The maximum absolute atomic E-state index is 11.4. The molecule has 0 aliphatic heterocycles. The molecule has 0 radical (unpaired) electrons. The molecule has 0 amide bonds. The molecular formula is C14H19NO3. The zero-order valence-electron chi connectivity index (χ0n) is 10.7. The van der Waals surface area contributed by atoms with E-state index in [1.807, 2.05) is 12.1 Å². The zero-order chi connectivity index (χ0) is 13.7. The molecular weight excluding hydrogens is 230 g/mol. The van der Waals surface area contributed by atoms with Crippen LogP contribution in [-0.2, 0) is 16.0 Å². The van der Waals surface area contributed by atoms with Crippen LogP contribution < -0.4 is 5.73 Å². The standard InChI is InChI=1S/C14H19NO3/c1-9(17)14(10(2)18)12-5-3-11(4-6-12)7-13(15)8-16/h3-6,13-14,16H,7-8,15H2,1-2H3. The predicted octanol–water partition coefficient (Wildman–Crippen LogP) is 0.810. The van der Waals surface area contributed by atoms with Gasteiger partial charge in [-0.2, -0.15) is 0 Å². The van der Waals surface area contributed by atoms with Gasteiger partial charge >= 0.3 is 0 Å². The summed E-state index contributed by atoms with van der Waals surface area (Å²) in [7, 11) is 0. The van der Waals surface area contributed by atoms with Gasteiger partial charge in [-0.15, -0.1) is 0 Å². The van der Waals surface area contributed by atoms with Crippen molar-refractivity contribution in [2.24, 2.45) is 5.73 Å². The van der Waals surface area contributed by atoms with Crippen LogP contribution >= 0.6 is 0 Å². The Hall–Kier alpha value is -1.52. The summed E-state index contributed by atoms with van der Waals surface area (Å²) in [5.41, 5.74) is 7.32. The first kappa shape index (κ1) is 14.5. The molecule has 98 valence electrons. The first-order valence-electron chi connectivity index (χ1n) is 5.92. The number of benzene rings is 1. The molecule has 0 saturated heterocycles. The average Bonchev–Trinajstić information content (AvgIpc) is 2.30. The number of hydrogen-bond acceptors (Lipinski definition) is 4. The summed E-state index contributed by atoms with van der Waals surface area (Å²) >= 11 is 0. The third-order valence-corrected chi connectivity index (χ3v) is 2.86. The highest BCUT2D eigenvalue weighted by molar-refractivity contribution is 6.05. The van der Waals surface area contributed by atoms with Crippen LogP contribution in [-0.4, -0.2) is 29.3 Å². The minimum atomic E-state index is -0.675. The molecule has 3 N–H and O–H groups in total. The first-order valence-corrected chi connectivity index (χ1v) is 5.92. The molecule has 0 heterocycles. The van der Waals surface area contributed by atoms with Gasteiger partial charge in [0.15, 0.2) is 0 Å². The third kappa shape index (κ3) is 3.75. The summed E-state index contributed by atoms with van der Waals surface area (Å²) in [5, 5.41) is 8.87. The number of carbonyl (C=O) groups is 2. The molecule has 18 heavy (non-hydrogen) atoms. The van der Waals surface area contributed by atoms with Gasteiger partial charge in [0.25, 0.3) is 0 Å². The Morgan fingerprint density at radius 1 is 1.17 bits per heavy atom. The SMILES string of the molecule is CC(=O)C(C(C)=O)c1ccc(CC(N)CO)cc1. The van der Waals surface area contributed by atoms with E-state index in [9.17, 15) is 9.59 Å². The molecule has 4 heteroatoms. The second-order valence-electron chi connectivity index (χ2n) is 4.54. The fraction of sp³-hybridized carbons (Fsp3) is 0.429. The van der Waals surface area contributed by atoms with Gasteiger partial charge in [0.05, 0.1) is 6.61 Å². The highest BCUT2D eigenvalue weighted by atomic mass is 16.3. The van der Waals surface area contributed by atoms with E-state index in [1.165, 1.54) is 13.8 Å². The highest BCUT2D eigenvalue weighted by Gasteiger charge is 2.21. The Labute approximate surface area is 107 Å². The minimum absolute atomic E-state index is 0.0642. The molecule has 0 aromatic heterocycles. The summed E-state index contributed by atoms with van der Waals surface area (Å²) < 4.78 is 0. The van der Waals surface area contributed by atoms with Gasteiger partial charge in [-0.05, 0) is 31.4 Å². The molecule has 0 aliphatic carbocycles. The largest absolute Gasteiger partial charge is 0.395 e. The van der Waals surface area contributed by atoms with E-state index < -0.39 is 5.92 Å². The summed E-state index contributed by atoms with van der Waals surface area (Å²) in [4.78, 5) is 22.8. The van der Waals surface area contributed by atoms with Crippen LogP contribution in [0.1, 0.15) is 30.9 Å². The van der Waals surface area contributed by atoms with Crippen molar-refractivity contribution >= 4 is 11.6 Å². The van der Waals surface area contributed by atoms with Crippen LogP contribution in [0.3, 0.4) is 0 Å². The molecule has 1 aromatic rings. The van der Waals surface area contributed by atoms with Crippen LogP contribution in [0.5, 0.6) is 0 Å². The molecule has 1 atom stereocenters. The van der Waals surface area contributed by atoms with Crippen molar-refractivity contribution in [2.45, 2.75) is 32.2 Å². The van der Waals surface area contributed by atoms with Crippen molar-refractivity contribution < 1.29 is 14.7 Å². The van der Waals surface area contributed by atoms with Gasteiger partial charge in [-0.3, -0.25) is 9.59 Å². The monoisotopic (exact) mass is 249 g/mol. The summed E-state index contributed by atoms with van der Waals surface area (Å²) in [5.74, 6) is -0.977. The number of aliphatic hydroxyl groups is 1. The molecule has 4 nitrogen and oxygen atoms in total. The van der Waals surface area contributed by atoms with E-state index in [2.05, 4.69) is 0 Å². The molecule has 1 rings (SSSR count). The van der Waals surface area contributed by atoms with E-state index >= 15 is 0 Å². The van der Waals surface area contributed by atoms with E-state index in [1.54, 1.807) is 12.1 Å². The van der Waals surface area contributed by atoms with Crippen LogP contribution in [0.15, 0.2) is 24.3 Å². The van der Waals surface area contributed by atoms with Gasteiger partial charge in [0, 0.05) is 6.04 Å². The smallest absolute Gasteiger partial charge is 0.144 e. The van der Waals surface area contributed by atoms with Gasteiger partial charge in [-0.1, -0.05) is 24.3 Å². The Kier molecular flexibility index (Phi) is 5.19. The molecule has 1 unspecified atom stereocenters. The van der Waals surface area contributed by atoms with Crippen molar-refractivity contribution in [1.82, 2.24) is 0 Å². The lowest BCUT2D eigenvalue weighted by Gasteiger charge is -2.12. The van der Waals surface area contributed by atoms with Gasteiger partial charge in [-0.25, -0.2) is 0 Å². The maximum Gasteiger partial charge on any atom is 0.144 e. The van der Waals surface area contributed by atoms with Crippen molar-refractivity contribution in [3.63, 3.8) is 0 Å². The van der Waals surface area contributed by atoms with E-state index in [4.69, 9.17) is 10.8 Å². The second kappa shape index (κ2) is 6.42. The Balaban J connectivity index is 2.87. The number of carbonyl (C=O) groups excluding carboxylic acids is 2. The topological polar surface area (TPSA) is 80.4 Å². The zero-order valence-corrected chi connectivity index (χ0v) is 10.7. The molecule has 0 saturated carbocycles. The molecule has 0 spiro atoms. The van der Waals surface area contributed by atoms with Crippen LogP contribution in [0, 0.1) is 0 Å².